The smallest absolute Gasteiger partial charge is 0.348 e. The van der Waals surface area contributed by atoms with Gasteiger partial charge in [-0.15, -0.1) is 45.3 Å². The first-order chi connectivity index (χ1) is 36.1. The second-order valence-corrected chi connectivity index (χ2v) is 26.0. The van der Waals surface area contributed by atoms with Gasteiger partial charge in [0.15, 0.2) is 0 Å². The zero-order valence-corrected chi connectivity index (χ0v) is 49.2. The lowest BCUT2D eigenvalue weighted by molar-refractivity contribution is 0.0425. The summed E-state index contributed by atoms with van der Waals surface area (Å²) >= 11 is 7.88. The highest BCUT2D eigenvalue weighted by atomic mass is 32.1. The number of carbonyl (C=O) groups excluding carboxylic acids is 2. The summed E-state index contributed by atoms with van der Waals surface area (Å²) in [5, 5.41) is 2.18. The van der Waals surface area contributed by atoms with E-state index < -0.39 is 0 Å². The third-order valence-electron chi connectivity index (χ3n) is 15.9. The summed E-state index contributed by atoms with van der Waals surface area (Å²) in [6.45, 7) is 18.7. The summed E-state index contributed by atoms with van der Waals surface area (Å²) < 4.78 is 24.3. The van der Waals surface area contributed by atoms with E-state index in [1.165, 1.54) is 113 Å². The van der Waals surface area contributed by atoms with Crippen LogP contribution in [0.3, 0.4) is 0 Å². The predicted octanol–water partition coefficient (Wildman–Crippen LogP) is 20.8. The Hall–Kier alpha value is -4.26. The first kappa shape index (κ1) is 54.5. The molecule has 0 saturated carbocycles. The standard InChI is InChI=1S/C63H76N2O4S5/c1-9-15-19-21-31-63(32-22-20-16-10-2)50-33-39(7)25-27-44(50)45-28-26-43(34-51(45)63)56-49-36-53(62(67)69-38-42(14-6)24-18-12-4)72-60(49)58(73-56)47-30-29-46(54-55(47)65-74-64-54)57-59-48(40(8)70-57)35-52(71-59)61(66)68-37-41(13-5)23-17-11-3/h25-30,33-36,41-42H,9-24,31-32,37-38H2,1-8H3. The molecule has 392 valence electrons. The number of esters is 2. The monoisotopic (exact) mass is 1080 g/mol. The van der Waals surface area contributed by atoms with E-state index in [-0.39, 0.29) is 17.4 Å². The molecule has 1 aliphatic carbocycles. The summed E-state index contributed by atoms with van der Waals surface area (Å²) in [6, 6.07) is 23.0. The number of rotatable bonds is 27. The van der Waals surface area contributed by atoms with Gasteiger partial charge in [-0.25, -0.2) is 9.59 Å². The average Bonchev–Trinajstić information content (AvgIpc) is 4.29. The van der Waals surface area contributed by atoms with Gasteiger partial charge in [0.1, 0.15) is 20.8 Å². The summed E-state index contributed by atoms with van der Waals surface area (Å²) in [5.74, 6) is 0.262. The van der Waals surface area contributed by atoms with Crippen LogP contribution in [0.15, 0.2) is 60.7 Å². The molecule has 1 aliphatic rings. The number of hydrogen-bond donors (Lipinski definition) is 0. The SMILES string of the molecule is CCCCCCC1(CCCCCC)c2cc(C)ccc2-c2ccc(-c3sc(-c4ccc(-c5sc(C)c6cc(C(=O)OCC(CC)CCCC)sc56)c5nsnc45)c4sc(C(=O)OCC(CC)CCCC)cc34)cc21. The van der Waals surface area contributed by atoms with Gasteiger partial charge < -0.3 is 9.47 Å². The number of aromatic nitrogens is 2. The van der Waals surface area contributed by atoms with Crippen molar-refractivity contribution in [3.63, 3.8) is 0 Å². The van der Waals surface area contributed by atoms with E-state index in [2.05, 4.69) is 110 Å². The van der Waals surface area contributed by atoms with Crippen molar-refractivity contribution >= 4 is 100 Å². The molecule has 3 aromatic carbocycles. The van der Waals surface area contributed by atoms with Gasteiger partial charge in [-0.2, -0.15) is 8.75 Å². The topological polar surface area (TPSA) is 78.4 Å². The molecule has 0 saturated heterocycles. The molecule has 9 rings (SSSR count). The van der Waals surface area contributed by atoms with Crippen LogP contribution in [0.4, 0.5) is 0 Å². The van der Waals surface area contributed by atoms with Crippen molar-refractivity contribution in [3.05, 3.63) is 92.0 Å². The second kappa shape index (κ2) is 24.8. The summed E-state index contributed by atoms with van der Waals surface area (Å²) in [6.07, 6.45) is 20.9. The van der Waals surface area contributed by atoms with Gasteiger partial charge >= 0.3 is 11.9 Å². The van der Waals surface area contributed by atoms with Gasteiger partial charge in [-0.05, 0) is 97.4 Å². The van der Waals surface area contributed by atoms with E-state index in [0.29, 0.717) is 34.8 Å². The van der Waals surface area contributed by atoms with E-state index in [0.717, 1.165) is 121 Å². The molecule has 0 amide bonds. The Labute approximate surface area is 460 Å². The Bertz CT molecular complexity index is 3210. The van der Waals surface area contributed by atoms with E-state index >= 15 is 0 Å². The highest BCUT2D eigenvalue weighted by molar-refractivity contribution is 7.29. The quantitative estimate of drug-likeness (QED) is 0.0377. The maximum atomic E-state index is 14.2. The van der Waals surface area contributed by atoms with Crippen LogP contribution in [-0.4, -0.2) is 33.9 Å². The molecular weight excluding hydrogens is 1010 g/mol. The molecule has 0 radical (unpaired) electrons. The van der Waals surface area contributed by atoms with E-state index in [1.54, 1.807) is 22.7 Å². The Morgan fingerprint density at radius 1 is 0.527 bits per heavy atom. The van der Waals surface area contributed by atoms with Gasteiger partial charge in [0, 0.05) is 37.1 Å². The fourth-order valence-corrected chi connectivity index (χ4v) is 17.0. The first-order valence-electron chi connectivity index (χ1n) is 28.0. The minimum absolute atomic E-state index is 0.0551. The number of benzene rings is 3. The van der Waals surface area contributed by atoms with Crippen LogP contribution in [0.5, 0.6) is 0 Å². The lowest BCUT2D eigenvalue weighted by Crippen LogP contribution is -2.25. The number of hydrogen-bond acceptors (Lipinski definition) is 11. The predicted molar refractivity (Wildman–Crippen MR) is 321 cm³/mol. The molecule has 6 nitrogen and oxygen atoms in total. The minimum atomic E-state index is -0.241. The van der Waals surface area contributed by atoms with E-state index in [1.807, 2.05) is 17.4 Å². The zero-order valence-electron chi connectivity index (χ0n) is 45.1. The molecule has 0 spiro atoms. The van der Waals surface area contributed by atoms with Crippen molar-refractivity contribution in [2.24, 2.45) is 11.8 Å². The lowest BCUT2D eigenvalue weighted by Gasteiger charge is -2.33. The van der Waals surface area contributed by atoms with Crippen LogP contribution in [0.1, 0.15) is 198 Å². The van der Waals surface area contributed by atoms with Crippen molar-refractivity contribution < 1.29 is 19.1 Å². The average molecular weight is 1090 g/mol. The van der Waals surface area contributed by atoms with Crippen molar-refractivity contribution in [2.75, 3.05) is 13.2 Å². The van der Waals surface area contributed by atoms with Crippen LogP contribution in [0, 0.1) is 25.7 Å². The second-order valence-electron chi connectivity index (χ2n) is 21.1. The lowest BCUT2D eigenvalue weighted by atomic mass is 9.70. The number of fused-ring (bicyclic) bond motifs is 6. The first-order valence-corrected chi connectivity index (χ1v) is 32.0. The van der Waals surface area contributed by atoms with E-state index in [4.69, 9.17) is 18.2 Å². The molecule has 5 heterocycles. The number of carbonyl (C=O) groups is 2. The van der Waals surface area contributed by atoms with Crippen LogP contribution < -0.4 is 0 Å². The van der Waals surface area contributed by atoms with E-state index in [9.17, 15) is 9.59 Å². The third-order valence-corrected chi connectivity index (χ3v) is 21.4. The molecule has 5 aromatic heterocycles. The summed E-state index contributed by atoms with van der Waals surface area (Å²) in [4.78, 5) is 33.5. The van der Waals surface area contributed by atoms with Gasteiger partial charge in [-0.3, -0.25) is 0 Å². The third kappa shape index (κ3) is 11.1. The van der Waals surface area contributed by atoms with Crippen molar-refractivity contribution in [2.45, 2.75) is 176 Å². The molecule has 2 unspecified atom stereocenters. The normalized spacial score (nSPS) is 13.8. The number of unbranched alkanes of at least 4 members (excludes halogenated alkanes) is 8. The van der Waals surface area contributed by atoms with Crippen molar-refractivity contribution in [1.82, 2.24) is 8.75 Å². The fourth-order valence-electron chi connectivity index (χ4n) is 11.5. The minimum Gasteiger partial charge on any atom is -0.461 e. The molecule has 11 heteroatoms. The van der Waals surface area contributed by atoms with Gasteiger partial charge in [0.05, 0.1) is 44.1 Å². The maximum Gasteiger partial charge on any atom is 0.348 e. The van der Waals surface area contributed by atoms with Crippen LogP contribution in [0.25, 0.3) is 73.7 Å². The highest BCUT2D eigenvalue weighted by Crippen LogP contribution is 2.57. The zero-order chi connectivity index (χ0) is 51.9. The van der Waals surface area contributed by atoms with Crippen LogP contribution in [0.2, 0.25) is 0 Å². The molecule has 8 aromatic rings. The largest absolute Gasteiger partial charge is 0.461 e. The molecule has 0 bridgehead atoms. The summed E-state index contributed by atoms with van der Waals surface area (Å²) in [7, 11) is 0. The molecule has 0 aliphatic heterocycles. The Kier molecular flexibility index (Phi) is 18.3. The molecule has 74 heavy (non-hydrogen) atoms. The van der Waals surface area contributed by atoms with Gasteiger partial charge in [0.2, 0.25) is 0 Å². The van der Waals surface area contributed by atoms with Crippen LogP contribution in [-0.2, 0) is 14.9 Å². The maximum absolute atomic E-state index is 14.2. The molecule has 0 N–H and O–H groups in total. The number of ether oxygens (including phenoxy) is 2. The Morgan fingerprint density at radius 2 is 1.03 bits per heavy atom. The molecule has 2 atom stereocenters. The van der Waals surface area contributed by atoms with Gasteiger partial charge in [0.25, 0.3) is 0 Å². The number of aryl methyl sites for hydroxylation is 2. The Balaban J connectivity index is 1.14. The number of nitrogens with zero attached hydrogens (tertiary/aromatic N) is 2. The summed E-state index contributed by atoms with van der Waals surface area (Å²) in [5.41, 5.74) is 12.0. The number of thiophene rings is 4. The Morgan fingerprint density at radius 3 is 1.58 bits per heavy atom. The van der Waals surface area contributed by atoms with Crippen molar-refractivity contribution in [1.29, 1.82) is 0 Å². The molecular formula is C63H76N2O4S5. The molecule has 0 fully saturated rings. The van der Waals surface area contributed by atoms with Crippen LogP contribution >= 0.6 is 57.1 Å². The highest BCUT2D eigenvalue weighted by Gasteiger charge is 2.43. The van der Waals surface area contributed by atoms with Gasteiger partial charge in [-0.1, -0.05) is 179 Å². The fraction of sp³-hybridized carbons (Fsp3) is 0.492. The van der Waals surface area contributed by atoms with Crippen molar-refractivity contribution in [3.8, 4) is 42.4 Å².